The molecule has 1 aromatic rings. The molecule has 0 unspecified atom stereocenters. The maximum absolute atomic E-state index is 5.69. The third kappa shape index (κ3) is 2.58. The average Bonchev–Trinajstić information content (AvgIpc) is 2.75. The van der Waals surface area contributed by atoms with Crippen molar-refractivity contribution in [3.8, 4) is 0 Å². The van der Waals surface area contributed by atoms with E-state index in [0.29, 0.717) is 12.1 Å². The summed E-state index contributed by atoms with van der Waals surface area (Å²) >= 11 is 0. The van der Waals surface area contributed by atoms with Crippen LogP contribution in [-0.4, -0.2) is 34.0 Å². The Morgan fingerprint density at radius 3 is 2.77 bits per heavy atom. The zero-order valence-electron chi connectivity index (χ0n) is 14.3. The number of nitrogens with one attached hydrogen (secondary N) is 1. The normalized spacial score (nSPS) is 27.0. The van der Waals surface area contributed by atoms with Gasteiger partial charge in [0, 0.05) is 31.5 Å². The Morgan fingerprint density at radius 1 is 1.23 bits per heavy atom. The number of aryl methyl sites for hydroxylation is 1. The van der Waals surface area contributed by atoms with Crippen molar-refractivity contribution in [1.29, 1.82) is 0 Å². The van der Waals surface area contributed by atoms with Crippen LogP contribution in [0.2, 0.25) is 0 Å². The first-order valence-corrected chi connectivity index (χ1v) is 8.92. The molecule has 2 heterocycles. The Morgan fingerprint density at radius 2 is 2.05 bits per heavy atom. The van der Waals surface area contributed by atoms with Crippen LogP contribution in [0.5, 0.6) is 0 Å². The summed E-state index contributed by atoms with van der Waals surface area (Å²) in [6.45, 7) is 6.48. The lowest BCUT2D eigenvalue weighted by atomic mass is 9.58. The Labute approximate surface area is 133 Å². The van der Waals surface area contributed by atoms with E-state index in [4.69, 9.17) is 4.74 Å². The molecule has 1 aliphatic heterocycles. The quantitative estimate of drug-likeness (QED) is 0.878. The molecule has 1 aromatic heterocycles. The van der Waals surface area contributed by atoms with Gasteiger partial charge in [-0.15, -0.1) is 10.2 Å². The van der Waals surface area contributed by atoms with Gasteiger partial charge in [-0.2, -0.15) is 0 Å². The van der Waals surface area contributed by atoms with Crippen molar-refractivity contribution >= 4 is 0 Å². The summed E-state index contributed by atoms with van der Waals surface area (Å²) in [5.41, 5.74) is 0.288. The molecule has 0 spiro atoms. The minimum atomic E-state index is 0.288. The van der Waals surface area contributed by atoms with Gasteiger partial charge in [0.05, 0.1) is 12.6 Å². The van der Waals surface area contributed by atoms with Gasteiger partial charge in [0.2, 0.25) is 0 Å². The monoisotopic (exact) mass is 306 g/mol. The second kappa shape index (κ2) is 6.67. The number of ether oxygens (including phenoxy) is 1. The van der Waals surface area contributed by atoms with Gasteiger partial charge >= 0.3 is 0 Å². The molecule has 0 saturated heterocycles. The number of hydrogen-bond acceptors (Lipinski definition) is 4. The van der Waals surface area contributed by atoms with Gasteiger partial charge in [-0.3, -0.25) is 0 Å². The molecule has 5 heteroatoms. The van der Waals surface area contributed by atoms with E-state index in [1.807, 2.05) is 7.11 Å². The van der Waals surface area contributed by atoms with E-state index < -0.39 is 0 Å². The summed E-state index contributed by atoms with van der Waals surface area (Å²) in [5, 5.41) is 12.6. The standard InChI is InChI=1S/C17H30N4O/c1-4-17(5-2)13(11-14(17)22-3)18-12-16-20-19-15-9-7-6-8-10-21(15)16/h13-14,18H,4-12H2,1-3H3/t13-,14+/m1/s1. The summed E-state index contributed by atoms with van der Waals surface area (Å²) in [7, 11) is 1.85. The van der Waals surface area contributed by atoms with Gasteiger partial charge < -0.3 is 14.6 Å². The maximum Gasteiger partial charge on any atom is 0.147 e. The molecule has 5 nitrogen and oxygen atoms in total. The first-order chi connectivity index (χ1) is 10.7. The Balaban J connectivity index is 1.65. The third-order valence-electron chi connectivity index (χ3n) is 6.08. The molecule has 1 saturated carbocycles. The van der Waals surface area contributed by atoms with Crippen molar-refractivity contribution < 1.29 is 4.74 Å². The molecule has 22 heavy (non-hydrogen) atoms. The number of methoxy groups -OCH3 is 1. The van der Waals surface area contributed by atoms with E-state index in [1.54, 1.807) is 0 Å². The molecule has 2 atom stereocenters. The first kappa shape index (κ1) is 15.9. The Bertz CT molecular complexity index is 495. The highest BCUT2D eigenvalue weighted by Crippen LogP contribution is 2.48. The summed E-state index contributed by atoms with van der Waals surface area (Å²) in [4.78, 5) is 0. The van der Waals surface area contributed by atoms with Crippen molar-refractivity contribution in [3.05, 3.63) is 11.6 Å². The van der Waals surface area contributed by atoms with Crippen LogP contribution in [0.25, 0.3) is 0 Å². The first-order valence-electron chi connectivity index (χ1n) is 8.92. The van der Waals surface area contributed by atoms with Crippen LogP contribution >= 0.6 is 0 Å². The summed E-state index contributed by atoms with van der Waals surface area (Å²) in [5.74, 6) is 2.29. The predicted molar refractivity (Wildman–Crippen MR) is 86.6 cm³/mol. The van der Waals surface area contributed by atoms with E-state index in [1.165, 1.54) is 25.1 Å². The summed E-state index contributed by atoms with van der Waals surface area (Å²) in [6, 6.07) is 0.533. The number of nitrogens with zero attached hydrogens (tertiary/aromatic N) is 3. The molecular weight excluding hydrogens is 276 g/mol. The van der Waals surface area contributed by atoms with E-state index in [-0.39, 0.29) is 5.41 Å². The minimum absolute atomic E-state index is 0.288. The van der Waals surface area contributed by atoms with Gasteiger partial charge in [-0.05, 0) is 32.1 Å². The molecule has 1 N–H and O–H groups in total. The van der Waals surface area contributed by atoms with Crippen molar-refractivity contribution in [2.45, 2.75) is 84.0 Å². The Hall–Kier alpha value is -0.940. The largest absolute Gasteiger partial charge is 0.381 e. The molecule has 3 rings (SSSR count). The van der Waals surface area contributed by atoms with E-state index in [0.717, 1.165) is 44.6 Å². The SMILES string of the molecule is CCC1(CC)[C@@H](OC)C[C@H]1NCc1nnc2n1CCCCC2. The van der Waals surface area contributed by atoms with E-state index >= 15 is 0 Å². The second-order valence-electron chi connectivity index (χ2n) is 6.83. The number of fused-ring (bicyclic) bond motifs is 1. The fourth-order valence-corrected chi connectivity index (χ4v) is 4.45. The predicted octanol–water partition coefficient (Wildman–Crippen LogP) is 2.69. The summed E-state index contributed by atoms with van der Waals surface area (Å²) < 4.78 is 8.02. The maximum atomic E-state index is 5.69. The highest BCUT2D eigenvalue weighted by molar-refractivity contribution is 5.07. The zero-order valence-corrected chi connectivity index (χ0v) is 14.3. The molecule has 2 aliphatic rings. The minimum Gasteiger partial charge on any atom is -0.381 e. The molecule has 1 fully saturated rings. The van der Waals surface area contributed by atoms with Crippen LogP contribution in [-0.2, 0) is 24.2 Å². The van der Waals surface area contributed by atoms with Gasteiger partial charge in [0.1, 0.15) is 11.6 Å². The highest BCUT2D eigenvalue weighted by atomic mass is 16.5. The fourth-order valence-electron chi connectivity index (χ4n) is 4.45. The van der Waals surface area contributed by atoms with Crippen molar-refractivity contribution in [1.82, 2.24) is 20.1 Å². The van der Waals surface area contributed by atoms with Crippen LogP contribution in [0.1, 0.15) is 64.0 Å². The lowest BCUT2D eigenvalue weighted by molar-refractivity contribution is -0.124. The van der Waals surface area contributed by atoms with Crippen molar-refractivity contribution in [2.24, 2.45) is 5.41 Å². The molecule has 0 radical (unpaired) electrons. The van der Waals surface area contributed by atoms with Crippen LogP contribution < -0.4 is 5.32 Å². The van der Waals surface area contributed by atoms with Crippen LogP contribution in [0.15, 0.2) is 0 Å². The second-order valence-corrected chi connectivity index (χ2v) is 6.83. The van der Waals surface area contributed by atoms with Gasteiger partial charge in [-0.1, -0.05) is 20.3 Å². The van der Waals surface area contributed by atoms with E-state index in [9.17, 15) is 0 Å². The molecule has 124 valence electrons. The highest BCUT2D eigenvalue weighted by Gasteiger charge is 2.52. The molecule has 0 amide bonds. The van der Waals surface area contributed by atoms with Crippen molar-refractivity contribution in [3.63, 3.8) is 0 Å². The lowest BCUT2D eigenvalue weighted by Crippen LogP contribution is -2.63. The summed E-state index contributed by atoms with van der Waals surface area (Å²) in [6.07, 6.45) is 8.73. The topological polar surface area (TPSA) is 52.0 Å². The lowest BCUT2D eigenvalue weighted by Gasteiger charge is -2.55. The number of aromatic nitrogens is 3. The van der Waals surface area contributed by atoms with Crippen molar-refractivity contribution in [2.75, 3.05) is 7.11 Å². The zero-order chi connectivity index (χ0) is 15.6. The van der Waals surface area contributed by atoms with Gasteiger partial charge in [0.15, 0.2) is 0 Å². The number of hydrogen-bond donors (Lipinski definition) is 1. The van der Waals surface area contributed by atoms with E-state index in [2.05, 4.69) is 33.9 Å². The molecule has 0 aromatic carbocycles. The van der Waals surface area contributed by atoms with Gasteiger partial charge in [0.25, 0.3) is 0 Å². The molecule has 0 bridgehead atoms. The third-order valence-corrected chi connectivity index (χ3v) is 6.08. The fraction of sp³-hybridized carbons (Fsp3) is 0.882. The number of rotatable bonds is 6. The van der Waals surface area contributed by atoms with Crippen LogP contribution in [0.4, 0.5) is 0 Å². The average molecular weight is 306 g/mol. The Kier molecular flexibility index (Phi) is 4.83. The smallest absolute Gasteiger partial charge is 0.147 e. The molecular formula is C17H30N4O. The van der Waals surface area contributed by atoms with Crippen LogP contribution in [0.3, 0.4) is 0 Å². The molecule has 1 aliphatic carbocycles. The van der Waals surface area contributed by atoms with Crippen LogP contribution in [0, 0.1) is 5.41 Å². The van der Waals surface area contributed by atoms with Gasteiger partial charge in [-0.25, -0.2) is 0 Å².